The molecule has 11 nitrogen and oxygen atoms in total. The highest BCUT2D eigenvalue weighted by Gasteiger charge is 2.30. The number of nitrogens with zero attached hydrogens (tertiary/aromatic N) is 1. The monoisotopic (exact) mass is 491 g/mol. The molecule has 0 aliphatic carbocycles. The Morgan fingerprint density at radius 1 is 1.11 bits per heavy atom. The summed E-state index contributed by atoms with van der Waals surface area (Å²) in [5, 5.41) is 5.12. The third kappa shape index (κ3) is 9.81. The van der Waals surface area contributed by atoms with Crippen molar-refractivity contribution >= 4 is 24.0 Å². The van der Waals surface area contributed by atoms with E-state index in [1.807, 2.05) is 44.2 Å². The maximum atomic E-state index is 12.8. The van der Waals surface area contributed by atoms with Gasteiger partial charge in [0, 0.05) is 32.5 Å². The van der Waals surface area contributed by atoms with Crippen molar-refractivity contribution in [2.75, 3.05) is 19.6 Å². The lowest BCUT2D eigenvalue weighted by molar-refractivity contribution is -0.155. The fourth-order valence-corrected chi connectivity index (χ4v) is 3.55. The molecule has 0 saturated carbocycles. The van der Waals surface area contributed by atoms with Crippen molar-refractivity contribution in [1.82, 2.24) is 15.5 Å². The Bertz CT molecular complexity index is 842. The Morgan fingerprint density at radius 2 is 1.77 bits per heavy atom. The third-order valence-corrected chi connectivity index (χ3v) is 5.78. The second-order valence-corrected chi connectivity index (χ2v) is 8.93. The molecule has 35 heavy (non-hydrogen) atoms. The lowest BCUT2D eigenvalue weighted by atomic mass is 10.0. The molecule has 0 aromatic heterocycles. The first-order valence-corrected chi connectivity index (χ1v) is 11.9. The summed E-state index contributed by atoms with van der Waals surface area (Å²) in [5.41, 5.74) is 11.9. The minimum absolute atomic E-state index is 0.103. The van der Waals surface area contributed by atoms with E-state index in [4.69, 9.17) is 20.9 Å². The lowest BCUT2D eigenvalue weighted by Gasteiger charge is -2.32. The van der Waals surface area contributed by atoms with Gasteiger partial charge in [0.2, 0.25) is 5.91 Å². The number of rotatable bonds is 11. The Hall–Kier alpha value is -3.34. The first-order chi connectivity index (χ1) is 16.7. The van der Waals surface area contributed by atoms with Gasteiger partial charge in [-0.25, -0.2) is 14.4 Å². The zero-order valence-corrected chi connectivity index (χ0v) is 20.4. The van der Waals surface area contributed by atoms with Gasteiger partial charge in [-0.05, 0) is 24.3 Å². The van der Waals surface area contributed by atoms with E-state index in [0.717, 1.165) is 5.56 Å². The number of hydrogen-bond donors (Lipinski definition) is 4. The minimum Gasteiger partial charge on any atom is -0.461 e. The highest BCUT2D eigenvalue weighted by molar-refractivity contribution is 5.87. The van der Waals surface area contributed by atoms with Crippen LogP contribution in [0.1, 0.15) is 45.1 Å². The van der Waals surface area contributed by atoms with Crippen LogP contribution >= 0.6 is 0 Å². The number of amides is 4. The van der Waals surface area contributed by atoms with Gasteiger partial charge in [0.15, 0.2) is 0 Å². The second kappa shape index (κ2) is 14.1. The number of urea groups is 1. The minimum atomic E-state index is -0.907. The molecular weight excluding hydrogens is 454 g/mol. The first-order valence-electron chi connectivity index (χ1n) is 11.9. The molecule has 6 N–H and O–H groups in total. The number of esters is 1. The molecule has 1 aromatic rings. The SMILES string of the molecule is CC(C)[C@H](N)C(=O)NC(CCCNC(N)=O)C(=O)OC1CCN(C(=O)OCc2ccccc2)CC1. The van der Waals surface area contributed by atoms with E-state index in [1.165, 1.54) is 0 Å². The van der Waals surface area contributed by atoms with Crippen molar-refractivity contribution in [2.24, 2.45) is 17.4 Å². The number of nitrogens with two attached hydrogens (primary N) is 2. The van der Waals surface area contributed by atoms with E-state index in [0.29, 0.717) is 32.4 Å². The number of benzene rings is 1. The Balaban J connectivity index is 1.83. The van der Waals surface area contributed by atoms with Gasteiger partial charge in [-0.3, -0.25) is 4.79 Å². The molecule has 0 radical (unpaired) electrons. The summed E-state index contributed by atoms with van der Waals surface area (Å²) < 4.78 is 11.0. The molecule has 0 spiro atoms. The Morgan fingerprint density at radius 3 is 2.37 bits per heavy atom. The zero-order chi connectivity index (χ0) is 25.8. The fourth-order valence-electron chi connectivity index (χ4n) is 3.55. The molecule has 0 bridgehead atoms. The van der Waals surface area contributed by atoms with Gasteiger partial charge in [0.05, 0.1) is 6.04 Å². The lowest BCUT2D eigenvalue weighted by Crippen LogP contribution is -2.51. The van der Waals surface area contributed by atoms with Gasteiger partial charge in [0.1, 0.15) is 18.8 Å². The van der Waals surface area contributed by atoms with Crippen molar-refractivity contribution in [2.45, 2.75) is 64.3 Å². The maximum Gasteiger partial charge on any atom is 0.410 e. The molecule has 1 fully saturated rings. The van der Waals surface area contributed by atoms with Crippen LogP contribution in [-0.4, -0.2) is 66.7 Å². The number of hydrogen-bond acceptors (Lipinski definition) is 7. The fraction of sp³-hybridized carbons (Fsp3) is 0.583. The van der Waals surface area contributed by atoms with Crippen molar-refractivity contribution in [3.63, 3.8) is 0 Å². The average Bonchev–Trinajstić information content (AvgIpc) is 2.84. The van der Waals surface area contributed by atoms with E-state index >= 15 is 0 Å². The van der Waals surface area contributed by atoms with Crippen LogP contribution in [0.3, 0.4) is 0 Å². The molecule has 11 heteroatoms. The summed E-state index contributed by atoms with van der Waals surface area (Å²) in [7, 11) is 0. The van der Waals surface area contributed by atoms with Crippen LogP contribution in [0.5, 0.6) is 0 Å². The number of piperidine rings is 1. The van der Waals surface area contributed by atoms with E-state index in [1.54, 1.807) is 4.90 Å². The van der Waals surface area contributed by atoms with Crippen LogP contribution in [0.4, 0.5) is 9.59 Å². The smallest absolute Gasteiger partial charge is 0.410 e. The molecule has 1 aliphatic heterocycles. The van der Waals surface area contributed by atoms with Gasteiger partial charge < -0.3 is 36.5 Å². The van der Waals surface area contributed by atoms with Gasteiger partial charge in [-0.1, -0.05) is 44.2 Å². The van der Waals surface area contributed by atoms with Crippen LogP contribution in [0.2, 0.25) is 0 Å². The predicted octanol–water partition coefficient (Wildman–Crippen LogP) is 1.25. The normalized spacial score (nSPS) is 15.7. The van der Waals surface area contributed by atoms with E-state index in [-0.39, 0.29) is 31.6 Å². The first kappa shape index (κ1) is 27.9. The van der Waals surface area contributed by atoms with Crippen LogP contribution < -0.4 is 22.1 Å². The Labute approximate surface area is 205 Å². The summed E-state index contributed by atoms with van der Waals surface area (Å²) in [5.74, 6) is -1.12. The van der Waals surface area contributed by atoms with Gasteiger partial charge in [0.25, 0.3) is 0 Å². The number of ether oxygens (including phenoxy) is 2. The van der Waals surface area contributed by atoms with Crippen LogP contribution in [0.15, 0.2) is 30.3 Å². The number of likely N-dealkylation sites (tertiary alicyclic amines) is 1. The zero-order valence-electron chi connectivity index (χ0n) is 20.4. The van der Waals surface area contributed by atoms with E-state index in [9.17, 15) is 19.2 Å². The Kier molecular flexibility index (Phi) is 11.3. The second-order valence-electron chi connectivity index (χ2n) is 8.93. The summed E-state index contributed by atoms with van der Waals surface area (Å²) in [6, 6.07) is 7.08. The van der Waals surface area contributed by atoms with Gasteiger partial charge in [-0.15, -0.1) is 0 Å². The summed E-state index contributed by atoms with van der Waals surface area (Å²) in [6.45, 7) is 4.86. The van der Waals surface area contributed by atoms with Gasteiger partial charge in [-0.2, -0.15) is 0 Å². The number of carbonyl (C=O) groups is 4. The van der Waals surface area contributed by atoms with Crippen LogP contribution in [0.25, 0.3) is 0 Å². The molecule has 2 rings (SSSR count). The molecule has 1 aromatic carbocycles. The standard InChI is InChI=1S/C24H37N5O6/c1-16(2)20(25)21(30)28-19(9-6-12-27-23(26)32)22(31)35-18-10-13-29(14-11-18)24(33)34-15-17-7-4-3-5-8-17/h3-5,7-8,16,18-20H,6,9-15,25H2,1-2H3,(H,28,30)(H3,26,27,32)/t19?,20-/m0/s1. The van der Waals surface area contributed by atoms with Crippen LogP contribution in [-0.2, 0) is 25.7 Å². The molecule has 4 amide bonds. The highest BCUT2D eigenvalue weighted by Crippen LogP contribution is 2.17. The van der Waals surface area contributed by atoms with Crippen molar-refractivity contribution in [3.8, 4) is 0 Å². The summed E-state index contributed by atoms with van der Waals surface area (Å²) >= 11 is 0. The third-order valence-electron chi connectivity index (χ3n) is 5.78. The molecule has 1 heterocycles. The predicted molar refractivity (Wildman–Crippen MR) is 129 cm³/mol. The topological polar surface area (TPSA) is 166 Å². The number of carbonyl (C=O) groups excluding carboxylic acids is 4. The van der Waals surface area contributed by atoms with Crippen molar-refractivity contribution in [1.29, 1.82) is 0 Å². The molecular formula is C24H37N5O6. The number of primary amides is 1. The quantitative estimate of drug-likeness (QED) is 0.267. The molecule has 2 atom stereocenters. The molecule has 1 unspecified atom stereocenters. The molecule has 194 valence electrons. The molecule has 1 saturated heterocycles. The van der Waals surface area contributed by atoms with Crippen molar-refractivity contribution in [3.05, 3.63) is 35.9 Å². The molecule has 1 aliphatic rings. The highest BCUT2D eigenvalue weighted by atomic mass is 16.6. The van der Waals surface area contributed by atoms with Crippen LogP contribution in [0, 0.1) is 5.92 Å². The van der Waals surface area contributed by atoms with Gasteiger partial charge >= 0.3 is 18.1 Å². The average molecular weight is 492 g/mol. The van der Waals surface area contributed by atoms with E-state index in [2.05, 4.69) is 10.6 Å². The number of nitrogens with one attached hydrogen (secondary N) is 2. The van der Waals surface area contributed by atoms with Crippen molar-refractivity contribution < 1.29 is 28.7 Å². The summed E-state index contributed by atoms with van der Waals surface area (Å²) in [6.07, 6.45) is 0.783. The summed E-state index contributed by atoms with van der Waals surface area (Å²) in [4.78, 5) is 50.1. The largest absolute Gasteiger partial charge is 0.461 e. The maximum absolute atomic E-state index is 12.8. The van der Waals surface area contributed by atoms with E-state index < -0.39 is 36.1 Å².